The summed E-state index contributed by atoms with van der Waals surface area (Å²) in [7, 11) is 1.55. The number of alkyl halides is 3. The molecule has 8 heteroatoms. The highest BCUT2D eigenvalue weighted by molar-refractivity contribution is 6.31. The Bertz CT molecular complexity index is 1030. The van der Waals surface area contributed by atoms with Gasteiger partial charge >= 0.3 is 6.18 Å². The molecule has 0 aromatic heterocycles. The first kappa shape index (κ1) is 20.8. The Hall–Kier alpha value is -2.51. The van der Waals surface area contributed by atoms with Crippen LogP contribution in [0.2, 0.25) is 5.02 Å². The van der Waals surface area contributed by atoms with Crippen LogP contribution < -0.4 is 9.64 Å². The van der Waals surface area contributed by atoms with Crippen molar-refractivity contribution >= 4 is 29.1 Å². The van der Waals surface area contributed by atoms with Crippen molar-refractivity contribution in [1.82, 2.24) is 0 Å². The van der Waals surface area contributed by atoms with Crippen LogP contribution in [-0.4, -0.2) is 39.2 Å². The van der Waals surface area contributed by atoms with Gasteiger partial charge in [-0.2, -0.15) is 13.2 Å². The third-order valence-corrected chi connectivity index (χ3v) is 5.64. The zero-order valence-corrected chi connectivity index (χ0v) is 16.9. The van der Waals surface area contributed by atoms with Crippen molar-refractivity contribution in [1.29, 1.82) is 0 Å². The van der Waals surface area contributed by atoms with E-state index in [1.165, 1.54) is 18.2 Å². The van der Waals surface area contributed by atoms with Crippen molar-refractivity contribution in [2.75, 3.05) is 38.3 Å². The molecule has 0 unspecified atom stereocenters. The summed E-state index contributed by atoms with van der Waals surface area (Å²) in [6.07, 6.45) is -2.72. The van der Waals surface area contributed by atoms with Crippen LogP contribution in [-0.2, 0) is 17.3 Å². The first-order valence-corrected chi connectivity index (χ1v) is 9.81. The van der Waals surface area contributed by atoms with Crippen LogP contribution in [0.4, 0.5) is 18.9 Å². The normalized spacial score (nSPS) is 18.1. The lowest BCUT2D eigenvalue weighted by Gasteiger charge is -2.30. The molecule has 0 N–H and O–H groups in total. The summed E-state index contributed by atoms with van der Waals surface area (Å²) in [4.78, 5) is 15.0. The third-order valence-electron chi connectivity index (χ3n) is 5.31. The minimum absolute atomic E-state index is 0.208. The van der Waals surface area contributed by atoms with Gasteiger partial charge < -0.3 is 14.4 Å². The van der Waals surface area contributed by atoms with Crippen molar-refractivity contribution in [3.05, 3.63) is 63.2 Å². The van der Waals surface area contributed by atoms with E-state index in [1.807, 2.05) is 6.07 Å². The molecule has 0 atom stereocenters. The Kier molecular flexibility index (Phi) is 5.51. The molecule has 1 heterocycles. The topological polar surface area (TPSA) is 38.8 Å². The summed E-state index contributed by atoms with van der Waals surface area (Å²) >= 11 is 5.69. The maximum Gasteiger partial charge on any atom is 0.417 e. The molecule has 0 radical (unpaired) electrons. The van der Waals surface area contributed by atoms with E-state index in [9.17, 15) is 18.0 Å². The van der Waals surface area contributed by atoms with E-state index in [0.717, 1.165) is 30.4 Å². The summed E-state index contributed by atoms with van der Waals surface area (Å²) in [5.74, 6) is 0.386. The number of carbonyl (C=O) groups is 1. The molecule has 0 spiro atoms. The van der Waals surface area contributed by atoms with Crippen LogP contribution in [0.15, 0.2) is 35.9 Å². The van der Waals surface area contributed by atoms with Crippen molar-refractivity contribution in [2.24, 2.45) is 0 Å². The van der Waals surface area contributed by atoms with Crippen LogP contribution >= 0.6 is 11.6 Å². The van der Waals surface area contributed by atoms with Gasteiger partial charge in [0, 0.05) is 30.6 Å². The number of ketones is 1. The fraction of sp³-hybridized carbons (Fsp3) is 0.318. The Morgan fingerprint density at radius 2 is 1.90 bits per heavy atom. The molecule has 30 heavy (non-hydrogen) atoms. The van der Waals surface area contributed by atoms with E-state index in [0.29, 0.717) is 36.5 Å². The standard InChI is InChI=1S/C22H19ClF3NO3/c1-29-20-12-16-14(11-19(20)27-4-6-30-7-5-27)10-15(21(16)28)8-13-2-3-18(23)17(9-13)22(24,25)26/h2-3,8-9,11-12H,4-7,10H2,1H3. The number of morpholine rings is 1. The fourth-order valence-electron chi connectivity index (χ4n) is 3.81. The summed E-state index contributed by atoms with van der Waals surface area (Å²) in [6, 6.07) is 7.28. The van der Waals surface area contributed by atoms with Gasteiger partial charge in [0.15, 0.2) is 5.78 Å². The number of allylic oxidation sites excluding steroid dienone is 1. The summed E-state index contributed by atoms with van der Waals surface area (Å²) in [5, 5.41) is -0.370. The summed E-state index contributed by atoms with van der Waals surface area (Å²) in [5.41, 5.74) is 2.03. The lowest BCUT2D eigenvalue weighted by molar-refractivity contribution is -0.137. The number of rotatable bonds is 3. The van der Waals surface area contributed by atoms with Crippen molar-refractivity contribution in [2.45, 2.75) is 12.6 Å². The first-order valence-electron chi connectivity index (χ1n) is 9.43. The molecule has 1 aliphatic carbocycles. The number of carbonyl (C=O) groups excluding carboxylic acids is 1. The molecular formula is C22H19ClF3NO3. The fourth-order valence-corrected chi connectivity index (χ4v) is 4.03. The van der Waals surface area contributed by atoms with Crippen LogP contribution in [0, 0.1) is 0 Å². The molecule has 2 aromatic rings. The number of benzene rings is 2. The molecular weight excluding hydrogens is 419 g/mol. The number of halogens is 4. The Morgan fingerprint density at radius 3 is 2.57 bits per heavy atom. The third kappa shape index (κ3) is 3.91. The molecule has 2 aromatic carbocycles. The molecule has 1 aliphatic heterocycles. The Labute approximate surface area is 176 Å². The van der Waals surface area contributed by atoms with E-state index in [1.54, 1.807) is 13.2 Å². The quantitative estimate of drug-likeness (QED) is 0.632. The van der Waals surface area contributed by atoms with Gasteiger partial charge in [0.25, 0.3) is 0 Å². The van der Waals surface area contributed by atoms with Crippen molar-refractivity contribution in [3.8, 4) is 5.75 Å². The van der Waals surface area contributed by atoms with E-state index in [-0.39, 0.29) is 16.4 Å². The SMILES string of the molecule is COc1cc2c(cc1N1CCOCC1)CC(=Cc1ccc(Cl)c(C(F)(F)F)c1)C2=O. The average molecular weight is 438 g/mol. The number of nitrogens with zero attached hydrogens (tertiary/aromatic N) is 1. The molecule has 2 aliphatic rings. The van der Waals surface area contributed by atoms with Gasteiger partial charge in [0.2, 0.25) is 0 Å². The lowest BCUT2D eigenvalue weighted by atomic mass is 10.1. The number of hydrogen-bond acceptors (Lipinski definition) is 4. The minimum Gasteiger partial charge on any atom is -0.495 e. The summed E-state index contributed by atoms with van der Waals surface area (Å²) in [6.45, 7) is 2.67. The largest absolute Gasteiger partial charge is 0.495 e. The van der Waals surface area contributed by atoms with E-state index >= 15 is 0 Å². The predicted molar refractivity (Wildman–Crippen MR) is 108 cm³/mol. The van der Waals surface area contributed by atoms with E-state index < -0.39 is 11.7 Å². The van der Waals surface area contributed by atoms with Gasteiger partial charge in [-0.1, -0.05) is 17.7 Å². The molecule has 0 bridgehead atoms. The highest BCUT2D eigenvalue weighted by Crippen LogP contribution is 2.39. The molecule has 158 valence electrons. The van der Waals surface area contributed by atoms with Crippen LogP contribution in [0.25, 0.3) is 6.08 Å². The number of ether oxygens (including phenoxy) is 2. The maximum atomic E-state index is 13.1. The number of methoxy groups -OCH3 is 1. The molecule has 0 saturated carbocycles. The Morgan fingerprint density at radius 1 is 1.17 bits per heavy atom. The van der Waals surface area contributed by atoms with Gasteiger partial charge in [0.05, 0.1) is 36.6 Å². The first-order chi connectivity index (χ1) is 14.3. The van der Waals surface area contributed by atoms with Crippen LogP contribution in [0.5, 0.6) is 5.75 Å². The van der Waals surface area contributed by atoms with E-state index in [2.05, 4.69) is 4.90 Å². The molecule has 0 amide bonds. The molecule has 4 nitrogen and oxygen atoms in total. The maximum absolute atomic E-state index is 13.1. The minimum atomic E-state index is -4.56. The monoisotopic (exact) mass is 437 g/mol. The zero-order valence-electron chi connectivity index (χ0n) is 16.2. The average Bonchev–Trinajstić information content (AvgIpc) is 3.03. The predicted octanol–water partition coefficient (Wildman–Crippen LogP) is 5.03. The van der Waals surface area contributed by atoms with Crippen molar-refractivity contribution in [3.63, 3.8) is 0 Å². The Balaban J connectivity index is 1.68. The van der Waals surface area contributed by atoms with Gasteiger partial charge in [-0.15, -0.1) is 0 Å². The molecule has 4 rings (SSSR count). The second-order valence-corrected chi connectivity index (χ2v) is 7.60. The van der Waals surface area contributed by atoms with Gasteiger partial charge in [-0.05, 0) is 41.5 Å². The number of hydrogen-bond donors (Lipinski definition) is 0. The highest BCUT2D eigenvalue weighted by atomic mass is 35.5. The van der Waals surface area contributed by atoms with E-state index in [4.69, 9.17) is 21.1 Å². The smallest absolute Gasteiger partial charge is 0.417 e. The van der Waals surface area contributed by atoms with Gasteiger partial charge in [-0.3, -0.25) is 4.79 Å². The van der Waals surface area contributed by atoms with Crippen LogP contribution in [0.3, 0.4) is 0 Å². The number of anilines is 1. The number of fused-ring (bicyclic) bond motifs is 1. The second-order valence-electron chi connectivity index (χ2n) is 7.19. The van der Waals surface area contributed by atoms with Gasteiger partial charge in [0.1, 0.15) is 5.75 Å². The molecule has 1 saturated heterocycles. The lowest BCUT2D eigenvalue weighted by Crippen LogP contribution is -2.36. The second kappa shape index (κ2) is 7.96. The molecule has 1 fully saturated rings. The zero-order chi connectivity index (χ0) is 21.5. The van der Waals surface area contributed by atoms with Crippen molar-refractivity contribution < 1.29 is 27.4 Å². The highest BCUT2D eigenvalue weighted by Gasteiger charge is 2.33. The van der Waals surface area contributed by atoms with Crippen LogP contribution in [0.1, 0.15) is 27.0 Å². The summed E-state index contributed by atoms with van der Waals surface area (Å²) < 4.78 is 50.3. The van der Waals surface area contributed by atoms with Gasteiger partial charge in [-0.25, -0.2) is 0 Å². The number of Topliss-reactive ketones (excluding diaryl/α,β-unsaturated/α-hetero) is 1.